The second-order valence-electron chi connectivity index (χ2n) is 5.74. The Hall–Kier alpha value is -2.09. The van der Waals surface area contributed by atoms with Gasteiger partial charge in [-0.1, -0.05) is 12.1 Å². The molecule has 0 bridgehead atoms. The normalized spacial score (nSPS) is 25.3. The number of likely N-dealkylation sites (N-methyl/N-ethyl adjacent to an activating group) is 1. The first kappa shape index (κ1) is 15.8. The van der Waals surface area contributed by atoms with Crippen molar-refractivity contribution in [3.8, 4) is 5.75 Å². The van der Waals surface area contributed by atoms with Crippen LogP contribution in [0.2, 0.25) is 0 Å². The zero-order valence-corrected chi connectivity index (χ0v) is 13.5. The van der Waals surface area contributed by atoms with Gasteiger partial charge >= 0.3 is 0 Å². The summed E-state index contributed by atoms with van der Waals surface area (Å²) in [5, 5.41) is 2.51. The largest absolute Gasteiger partial charge is 0.477 e. The van der Waals surface area contributed by atoms with Crippen LogP contribution < -0.4 is 15.0 Å². The van der Waals surface area contributed by atoms with E-state index in [4.69, 9.17) is 4.74 Å². The fourth-order valence-electron chi connectivity index (χ4n) is 2.95. The molecule has 1 fully saturated rings. The number of hydrogen-bond donors (Lipinski definition) is 1. The van der Waals surface area contributed by atoms with Crippen LogP contribution in [0.3, 0.4) is 0 Å². The molecule has 3 rings (SSSR count). The Morgan fingerprint density at radius 3 is 2.70 bits per heavy atom. The molecule has 2 amide bonds. The zero-order chi connectivity index (χ0) is 16.6. The molecule has 0 aromatic heterocycles. The monoisotopic (exact) mass is 338 g/mol. The summed E-state index contributed by atoms with van der Waals surface area (Å²) in [6.45, 7) is 0.0755. The summed E-state index contributed by atoms with van der Waals surface area (Å²) in [5.74, 6) is -0.797. The lowest BCUT2D eigenvalue weighted by Gasteiger charge is -2.35. The van der Waals surface area contributed by atoms with Gasteiger partial charge in [-0.15, -0.1) is 0 Å². The summed E-state index contributed by atoms with van der Waals surface area (Å²) in [7, 11) is -1.65. The molecule has 2 aliphatic rings. The number of hydrogen-bond acceptors (Lipinski definition) is 5. The van der Waals surface area contributed by atoms with Crippen molar-refractivity contribution < 1.29 is 22.7 Å². The van der Waals surface area contributed by atoms with Gasteiger partial charge in [0.05, 0.1) is 29.7 Å². The smallest absolute Gasteiger partial charge is 0.262 e. The lowest BCUT2D eigenvalue weighted by atomic mass is 10.1. The van der Waals surface area contributed by atoms with E-state index in [0.717, 1.165) is 0 Å². The van der Waals surface area contributed by atoms with E-state index in [-0.39, 0.29) is 29.9 Å². The van der Waals surface area contributed by atoms with E-state index in [1.54, 1.807) is 24.3 Å². The Labute approximate surface area is 134 Å². The molecule has 8 heteroatoms. The SMILES string of the molecule is CNC(=O)[C@@H]1CN(C(=O)[C@@H]2CCS(=O)(=O)C2)c2ccccc2O1. The molecule has 23 heavy (non-hydrogen) atoms. The number of sulfone groups is 1. The average Bonchev–Trinajstić information content (AvgIpc) is 2.92. The highest BCUT2D eigenvalue weighted by Gasteiger charge is 2.40. The van der Waals surface area contributed by atoms with E-state index in [0.29, 0.717) is 17.9 Å². The van der Waals surface area contributed by atoms with Crippen LogP contribution in [0, 0.1) is 5.92 Å². The predicted octanol–water partition coefficient (Wildman–Crippen LogP) is -0.0387. The fraction of sp³-hybridized carbons (Fsp3) is 0.467. The highest BCUT2D eigenvalue weighted by atomic mass is 32.2. The summed E-state index contributed by atoms with van der Waals surface area (Å²) in [6.07, 6.45) is -0.484. The van der Waals surface area contributed by atoms with Crippen molar-refractivity contribution in [2.75, 3.05) is 30.0 Å². The molecule has 2 heterocycles. The van der Waals surface area contributed by atoms with Gasteiger partial charge in [-0.05, 0) is 18.6 Å². The first-order valence-electron chi connectivity index (χ1n) is 7.40. The van der Waals surface area contributed by atoms with Crippen molar-refractivity contribution in [1.82, 2.24) is 5.32 Å². The zero-order valence-electron chi connectivity index (χ0n) is 12.7. The Morgan fingerprint density at radius 2 is 2.04 bits per heavy atom. The van der Waals surface area contributed by atoms with Gasteiger partial charge in [0, 0.05) is 7.05 Å². The van der Waals surface area contributed by atoms with E-state index in [2.05, 4.69) is 5.32 Å². The van der Waals surface area contributed by atoms with Crippen LogP contribution in [0.5, 0.6) is 5.75 Å². The molecule has 0 radical (unpaired) electrons. The van der Waals surface area contributed by atoms with Crippen molar-refractivity contribution in [1.29, 1.82) is 0 Å². The van der Waals surface area contributed by atoms with Gasteiger partial charge in [0.15, 0.2) is 15.9 Å². The third-order valence-corrected chi connectivity index (χ3v) is 5.93. The van der Waals surface area contributed by atoms with E-state index in [1.807, 2.05) is 0 Å². The number of para-hydroxylation sites is 2. The van der Waals surface area contributed by atoms with Gasteiger partial charge in [0.25, 0.3) is 5.91 Å². The number of nitrogens with zero attached hydrogens (tertiary/aromatic N) is 1. The second kappa shape index (κ2) is 5.84. The summed E-state index contributed by atoms with van der Waals surface area (Å²) in [5.41, 5.74) is 0.571. The Bertz CT molecular complexity index is 746. The van der Waals surface area contributed by atoms with Crippen molar-refractivity contribution in [2.24, 2.45) is 5.92 Å². The van der Waals surface area contributed by atoms with E-state index >= 15 is 0 Å². The number of carbonyl (C=O) groups is 2. The Balaban J connectivity index is 1.90. The van der Waals surface area contributed by atoms with Gasteiger partial charge < -0.3 is 15.0 Å². The van der Waals surface area contributed by atoms with E-state index in [9.17, 15) is 18.0 Å². The molecule has 124 valence electrons. The third kappa shape index (κ3) is 3.03. The van der Waals surface area contributed by atoms with Crippen molar-refractivity contribution in [2.45, 2.75) is 12.5 Å². The molecule has 7 nitrogen and oxygen atoms in total. The number of rotatable bonds is 2. The molecular weight excluding hydrogens is 320 g/mol. The minimum Gasteiger partial charge on any atom is -0.477 e. The molecule has 0 spiro atoms. The molecule has 0 aliphatic carbocycles. The van der Waals surface area contributed by atoms with Crippen LogP contribution in [0.15, 0.2) is 24.3 Å². The quantitative estimate of drug-likeness (QED) is 0.817. The molecular formula is C15H18N2O5S. The molecule has 1 aromatic rings. The average molecular weight is 338 g/mol. The highest BCUT2D eigenvalue weighted by molar-refractivity contribution is 7.91. The van der Waals surface area contributed by atoms with Crippen LogP contribution in [0.1, 0.15) is 6.42 Å². The number of amides is 2. The Morgan fingerprint density at radius 1 is 1.30 bits per heavy atom. The molecule has 1 aromatic carbocycles. The van der Waals surface area contributed by atoms with E-state index in [1.165, 1.54) is 11.9 Å². The maximum atomic E-state index is 12.8. The molecule has 1 N–H and O–H groups in total. The van der Waals surface area contributed by atoms with Crippen LogP contribution in [0.4, 0.5) is 5.69 Å². The van der Waals surface area contributed by atoms with Gasteiger partial charge in [0.2, 0.25) is 5.91 Å². The maximum absolute atomic E-state index is 12.8. The van der Waals surface area contributed by atoms with Crippen molar-refractivity contribution >= 4 is 27.3 Å². The summed E-state index contributed by atoms with van der Waals surface area (Å²) in [4.78, 5) is 26.2. The van der Waals surface area contributed by atoms with Gasteiger partial charge in [-0.25, -0.2) is 8.42 Å². The van der Waals surface area contributed by atoms with Gasteiger partial charge in [-0.3, -0.25) is 9.59 Å². The summed E-state index contributed by atoms with van der Waals surface area (Å²) >= 11 is 0. The van der Waals surface area contributed by atoms with Crippen LogP contribution in [-0.2, 0) is 19.4 Å². The van der Waals surface area contributed by atoms with Gasteiger partial charge in [0.1, 0.15) is 5.75 Å². The standard InChI is InChI=1S/C15H18N2O5S/c1-16-14(18)13-8-17(11-4-2-3-5-12(11)22-13)15(19)10-6-7-23(20,21)9-10/h2-5,10,13H,6-9H2,1H3,(H,16,18)/t10-,13+/m1/s1. The number of ether oxygens (including phenoxy) is 1. The Kier molecular flexibility index (Phi) is 4.01. The fourth-order valence-corrected chi connectivity index (χ4v) is 4.68. The second-order valence-corrected chi connectivity index (χ2v) is 7.97. The van der Waals surface area contributed by atoms with Gasteiger partial charge in [-0.2, -0.15) is 0 Å². The lowest BCUT2D eigenvalue weighted by Crippen LogP contribution is -2.51. The van der Waals surface area contributed by atoms with Crippen molar-refractivity contribution in [3.63, 3.8) is 0 Å². The maximum Gasteiger partial charge on any atom is 0.262 e. The minimum atomic E-state index is -3.15. The molecule has 0 unspecified atom stereocenters. The minimum absolute atomic E-state index is 0.0360. The number of anilines is 1. The third-order valence-electron chi connectivity index (χ3n) is 4.16. The summed E-state index contributed by atoms with van der Waals surface area (Å²) < 4.78 is 28.9. The van der Waals surface area contributed by atoms with E-state index < -0.39 is 21.9 Å². The molecule has 2 aliphatic heterocycles. The summed E-state index contributed by atoms with van der Waals surface area (Å²) in [6, 6.07) is 6.95. The van der Waals surface area contributed by atoms with Crippen LogP contribution >= 0.6 is 0 Å². The number of fused-ring (bicyclic) bond motifs is 1. The number of benzene rings is 1. The topological polar surface area (TPSA) is 92.8 Å². The lowest BCUT2D eigenvalue weighted by molar-refractivity contribution is -0.128. The predicted molar refractivity (Wildman–Crippen MR) is 84.0 cm³/mol. The number of nitrogens with one attached hydrogen (secondary N) is 1. The van der Waals surface area contributed by atoms with Crippen LogP contribution in [-0.4, -0.2) is 51.4 Å². The van der Waals surface area contributed by atoms with Crippen LogP contribution in [0.25, 0.3) is 0 Å². The number of carbonyl (C=O) groups excluding carboxylic acids is 2. The molecule has 2 atom stereocenters. The first-order chi connectivity index (χ1) is 10.9. The van der Waals surface area contributed by atoms with Crippen molar-refractivity contribution in [3.05, 3.63) is 24.3 Å². The first-order valence-corrected chi connectivity index (χ1v) is 9.22. The molecule has 1 saturated heterocycles. The molecule has 0 saturated carbocycles. The highest BCUT2D eigenvalue weighted by Crippen LogP contribution is 2.35.